The van der Waals surface area contributed by atoms with E-state index in [0.717, 1.165) is 25.0 Å². The first-order valence-corrected chi connectivity index (χ1v) is 6.16. The first-order valence-electron chi connectivity index (χ1n) is 6.16. The third kappa shape index (κ3) is 1.48. The fraction of sp³-hybridized carbons (Fsp3) is 0.571. The number of ether oxygens (including phenoxy) is 1. The maximum Gasteiger partial charge on any atom is 0.0725 e. The monoisotopic (exact) mass is 217 g/mol. The molecule has 3 atom stereocenters. The molecule has 2 heteroatoms. The largest absolute Gasteiger partial charge is 0.372 e. The quantitative estimate of drug-likeness (QED) is 0.821. The van der Waals surface area contributed by atoms with Crippen LogP contribution in [-0.2, 0) is 18.0 Å². The van der Waals surface area contributed by atoms with Crippen LogP contribution in [0.15, 0.2) is 18.2 Å². The number of hydrogen-bond acceptors (Lipinski definition) is 2. The number of nitrogens with one attached hydrogen (secondary N) is 1. The van der Waals surface area contributed by atoms with Crippen LogP contribution in [0.25, 0.3) is 0 Å². The fourth-order valence-electron chi connectivity index (χ4n) is 3.03. The topological polar surface area (TPSA) is 21.3 Å². The number of benzene rings is 1. The second-order valence-electron chi connectivity index (χ2n) is 5.12. The van der Waals surface area contributed by atoms with Crippen molar-refractivity contribution in [3.8, 4) is 0 Å². The highest BCUT2D eigenvalue weighted by Gasteiger charge is 2.37. The van der Waals surface area contributed by atoms with E-state index in [1.165, 1.54) is 23.1 Å². The predicted molar refractivity (Wildman–Crippen MR) is 64.3 cm³/mol. The van der Waals surface area contributed by atoms with Gasteiger partial charge in [0.05, 0.1) is 13.2 Å². The van der Waals surface area contributed by atoms with Gasteiger partial charge >= 0.3 is 0 Å². The van der Waals surface area contributed by atoms with E-state index in [1.807, 2.05) is 0 Å². The highest BCUT2D eigenvalue weighted by Crippen LogP contribution is 2.43. The Bertz CT molecular complexity index is 402. The van der Waals surface area contributed by atoms with Crippen LogP contribution < -0.4 is 5.32 Å². The Morgan fingerprint density at radius 2 is 2.06 bits per heavy atom. The first kappa shape index (κ1) is 10.3. The van der Waals surface area contributed by atoms with Crippen LogP contribution in [0.3, 0.4) is 0 Å². The maximum absolute atomic E-state index is 5.46. The number of fused-ring (bicyclic) bond motifs is 1. The van der Waals surface area contributed by atoms with E-state index in [-0.39, 0.29) is 0 Å². The normalized spacial score (nSPS) is 32.2. The average Bonchev–Trinajstić information content (AvgIpc) is 2.75. The van der Waals surface area contributed by atoms with E-state index < -0.39 is 0 Å². The lowest BCUT2D eigenvalue weighted by molar-refractivity contribution is 0.134. The molecule has 0 aromatic heterocycles. The second-order valence-corrected chi connectivity index (χ2v) is 5.12. The SMILES string of the molecule is CNC1CC(c2ccc3c(c2)COC3)C1C. The zero-order valence-electron chi connectivity index (χ0n) is 9.99. The molecule has 2 nitrogen and oxygen atoms in total. The molecule has 0 amide bonds. The maximum atomic E-state index is 5.46. The summed E-state index contributed by atoms with van der Waals surface area (Å²) in [5.41, 5.74) is 4.28. The second kappa shape index (κ2) is 3.86. The first-order chi connectivity index (χ1) is 7.79. The minimum atomic E-state index is 0.703. The van der Waals surface area contributed by atoms with Gasteiger partial charge in [-0.25, -0.2) is 0 Å². The third-order valence-corrected chi connectivity index (χ3v) is 4.32. The van der Waals surface area contributed by atoms with Gasteiger partial charge in [0.25, 0.3) is 0 Å². The van der Waals surface area contributed by atoms with Crippen molar-refractivity contribution in [3.05, 3.63) is 34.9 Å². The van der Waals surface area contributed by atoms with E-state index in [2.05, 4.69) is 37.5 Å². The van der Waals surface area contributed by atoms with Crippen LogP contribution in [0.5, 0.6) is 0 Å². The fourth-order valence-corrected chi connectivity index (χ4v) is 3.03. The van der Waals surface area contributed by atoms with Gasteiger partial charge in [-0.2, -0.15) is 0 Å². The van der Waals surface area contributed by atoms with Crippen LogP contribution in [0.4, 0.5) is 0 Å². The van der Waals surface area contributed by atoms with Crippen molar-refractivity contribution >= 4 is 0 Å². The molecule has 0 bridgehead atoms. The zero-order chi connectivity index (χ0) is 11.1. The molecule has 1 N–H and O–H groups in total. The highest BCUT2D eigenvalue weighted by atomic mass is 16.5. The molecule has 1 fully saturated rings. The third-order valence-electron chi connectivity index (χ3n) is 4.32. The molecule has 0 saturated heterocycles. The van der Waals surface area contributed by atoms with Gasteiger partial charge in [0.2, 0.25) is 0 Å². The molecule has 1 aliphatic heterocycles. The number of hydrogen-bond donors (Lipinski definition) is 1. The average molecular weight is 217 g/mol. The van der Waals surface area contributed by atoms with Gasteiger partial charge in [0.1, 0.15) is 0 Å². The predicted octanol–water partition coefficient (Wildman–Crippen LogP) is 2.43. The zero-order valence-corrected chi connectivity index (χ0v) is 9.99. The van der Waals surface area contributed by atoms with E-state index in [9.17, 15) is 0 Å². The molecule has 1 aliphatic carbocycles. The van der Waals surface area contributed by atoms with Crippen molar-refractivity contribution in [2.24, 2.45) is 5.92 Å². The van der Waals surface area contributed by atoms with Gasteiger partial charge in [-0.05, 0) is 42.0 Å². The highest BCUT2D eigenvalue weighted by molar-refractivity contribution is 5.36. The molecule has 0 radical (unpaired) electrons. The summed E-state index contributed by atoms with van der Waals surface area (Å²) in [7, 11) is 2.06. The lowest BCUT2D eigenvalue weighted by Gasteiger charge is -2.43. The summed E-state index contributed by atoms with van der Waals surface area (Å²) in [6, 6.07) is 7.60. The molecule has 86 valence electrons. The summed E-state index contributed by atoms with van der Waals surface area (Å²) in [6.45, 7) is 3.95. The summed E-state index contributed by atoms with van der Waals surface area (Å²) in [5.74, 6) is 1.49. The molecule has 16 heavy (non-hydrogen) atoms. The van der Waals surface area contributed by atoms with Crippen LogP contribution in [0, 0.1) is 5.92 Å². The Labute approximate surface area is 97.0 Å². The molecule has 1 saturated carbocycles. The molecule has 3 unspecified atom stereocenters. The Morgan fingerprint density at radius 3 is 2.81 bits per heavy atom. The van der Waals surface area contributed by atoms with Gasteiger partial charge in [0, 0.05) is 6.04 Å². The smallest absolute Gasteiger partial charge is 0.0725 e. The van der Waals surface area contributed by atoms with Gasteiger partial charge in [-0.3, -0.25) is 0 Å². The van der Waals surface area contributed by atoms with E-state index in [1.54, 1.807) is 0 Å². The Hall–Kier alpha value is -0.860. The van der Waals surface area contributed by atoms with Gasteiger partial charge in [0.15, 0.2) is 0 Å². The Kier molecular flexibility index (Phi) is 2.49. The summed E-state index contributed by atoms with van der Waals surface area (Å²) >= 11 is 0. The summed E-state index contributed by atoms with van der Waals surface area (Å²) < 4.78 is 5.46. The van der Waals surface area contributed by atoms with Gasteiger partial charge < -0.3 is 10.1 Å². The molecule has 3 rings (SSSR count). The van der Waals surface area contributed by atoms with Crippen molar-refractivity contribution in [2.75, 3.05) is 7.05 Å². The van der Waals surface area contributed by atoms with Gasteiger partial charge in [-0.15, -0.1) is 0 Å². The molecular formula is C14H19NO. The van der Waals surface area contributed by atoms with Gasteiger partial charge in [-0.1, -0.05) is 25.1 Å². The van der Waals surface area contributed by atoms with Crippen molar-refractivity contribution < 1.29 is 4.74 Å². The standard InChI is InChI=1S/C14H19NO/c1-9-13(6-14(9)15-2)10-3-4-11-7-16-8-12(11)5-10/h3-5,9,13-15H,6-8H2,1-2H3. The van der Waals surface area contributed by atoms with E-state index >= 15 is 0 Å². The molecule has 1 aromatic carbocycles. The molecular weight excluding hydrogens is 198 g/mol. The summed E-state index contributed by atoms with van der Waals surface area (Å²) in [6.07, 6.45) is 1.28. The molecule has 1 aromatic rings. The lowest BCUT2D eigenvalue weighted by Crippen LogP contribution is -2.46. The summed E-state index contributed by atoms with van der Waals surface area (Å²) in [4.78, 5) is 0. The minimum absolute atomic E-state index is 0.703. The van der Waals surface area contributed by atoms with Crippen molar-refractivity contribution in [1.29, 1.82) is 0 Å². The Balaban J connectivity index is 1.81. The lowest BCUT2D eigenvalue weighted by atomic mass is 9.67. The van der Waals surface area contributed by atoms with Crippen molar-refractivity contribution in [2.45, 2.75) is 38.5 Å². The number of rotatable bonds is 2. The molecule has 0 spiro atoms. The Morgan fingerprint density at radius 1 is 1.25 bits per heavy atom. The van der Waals surface area contributed by atoms with Crippen molar-refractivity contribution in [3.63, 3.8) is 0 Å². The van der Waals surface area contributed by atoms with Crippen LogP contribution in [-0.4, -0.2) is 13.1 Å². The molecule has 2 aliphatic rings. The van der Waals surface area contributed by atoms with Crippen molar-refractivity contribution in [1.82, 2.24) is 5.32 Å². The van der Waals surface area contributed by atoms with E-state index in [0.29, 0.717) is 6.04 Å². The van der Waals surface area contributed by atoms with Crippen LogP contribution >= 0.6 is 0 Å². The molecule has 1 heterocycles. The van der Waals surface area contributed by atoms with Crippen LogP contribution in [0.2, 0.25) is 0 Å². The summed E-state index contributed by atoms with van der Waals surface area (Å²) in [5, 5.41) is 3.38. The van der Waals surface area contributed by atoms with Crippen LogP contribution in [0.1, 0.15) is 36.0 Å². The minimum Gasteiger partial charge on any atom is -0.372 e. The van der Waals surface area contributed by atoms with E-state index in [4.69, 9.17) is 4.74 Å².